The first-order valence-electron chi connectivity index (χ1n) is 12.5. The number of nitrogens with two attached hydrogens (primary N) is 1. The summed E-state index contributed by atoms with van der Waals surface area (Å²) >= 11 is 0. The first-order chi connectivity index (χ1) is 20.0. The Bertz CT molecular complexity index is 1390. The number of benzene rings is 2. The molecule has 0 fully saturated rings. The van der Waals surface area contributed by atoms with Crippen LogP contribution in [-0.4, -0.2) is 48.0 Å². The van der Waals surface area contributed by atoms with Crippen LogP contribution in [0.15, 0.2) is 70.4 Å². The van der Waals surface area contributed by atoms with Gasteiger partial charge in [-0.15, -0.1) is 12.8 Å². The molecule has 0 spiro atoms. The summed E-state index contributed by atoms with van der Waals surface area (Å²) in [5, 5.41) is 8.58. The minimum Gasteiger partial charge on any atom is -0.495 e. The predicted molar refractivity (Wildman–Crippen MR) is 149 cm³/mol. The minimum absolute atomic E-state index is 0.333. The van der Waals surface area contributed by atoms with E-state index < -0.39 is 55.2 Å². The van der Waals surface area contributed by atoms with E-state index in [2.05, 4.69) is 38.2 Å². The molecule has 3 amide bonds. The molecule has 2 aromatic carbocycles. The molecule has 3 aromatic rings. The Morgan fingerprint density at radius 1 is 1.14 bits per heavy atom. The number of methoxy groups -OCH3 is 1. The number of para-hydroxylation sites is 1. The molecule has 4 N–H and O–H groups in total. The number of ether oxygens (including phenoxy) is 1. The molecule has 1 aliphatic rings. The highest BCUT2D eigenvalue weighted by Crippen LogP contribution is 2.33. The van der Waals surface area contributed by atoms with Crippen LogP contribution in [0.25, 0.3) is 0 Å². The Kier molecular flexibility index (Phi) is 12.3. The highest BCUT2D eigenvalue weighted by atomic mass is 19.4. The molecule has 1 aliphatic heterocycles. The standard InChI is InChI=1S/C23H23F3N4O4.C4H5NO.C2H2/c1-34-16-9-5-8-15-18(13-6-3-2-4-7-13)28-20(22(33)29-19(15)16)30-21(32)14(12-17(27)31)10-11-23(24,25)26;1-4-2-3-6-5-4;1-2/h2-9,14,20H,10-12H2,1H3,(H2,27,31)(H,29,33)(H,30,32);2-3H,1H3;1-2H/t14-,20-;;/m1../s1. The number of fused-ring (bicyclic) bond motifs is 1. The molecule has 13 heteroatoms. The van der Waals surface area contributed by atoms with Crippen LogP contribution in [0.2, 0.25) is 0 Å². The number of hydrogen-bond acceptors (Lipinski definition) is 7. The van der Waals surface area contributed by atoms with Crippen molar-refractivity contribution in [2.75, 3.05) is 12.4 Å². The van der Waals surface area contributed by atoms with Crippen molar-refractivity contribution in [2.45, 2.75) is 38.5 Å². The van der Waals surface area contributed by atoms with E-state index in [1.165, 1.54) is 7.11 Å². The third kappa shape index (κ3) is 9.81. The second-order valence-corrected chi connectivity index (χ2v) is 8.79. The zero-order valence-corrected chi connectivity index (χ0v) is 22.9. The molecule has 0 bridgehead atoms. The van der Waals surface area contributed by atoms with Crippen molar-refractivity contribution >= 4 is 29.1 Å². The Morgan fingerprint density at radius 2 is 1.83 bits per heavy atom. The number of nitrogens with one attached hydrogen (secondary N) is 2. The molecule has 0 radical (unpaired) electrons. The van der Waals surface area contributed by atoms with E-state index in [-0.39, 0.29) is 0 Å². The summed E-state index contributed by atoms with van der Waals surface area (Å²) in [7, 11) is 1.43. The predicted octanol–water partition coefficient (Wildman–Crippen LogP) is 3.99. The Morgan fingerprint density at radius 3 is 2.36 bits per heavy atom. The maximum Gasteiger partial charge on any atom is 0.389 e. The molecule has 222 valence electrons. The van der Waals surface area contributed by atoms with Gasteiger partial charge in [-0.05, 0) is 19.4 Å². The van der Waals surface area contributed by atoms with E-state index in [1.807, 2.05) is 6.92 Å². The summed E-state index contributed by atoms with van der Waals surface area (Å²) < 4.78 is 47.9. The zero-order chi connectivity index (χ0) is 31.3. The summed E-state index contributed by atoms with van der Waals surface area (Å²) in [6.07, 6.45) is 1.02. The summed E-state index contributed by atoms with van der Waals surface area (Å²) in [6.45, 7) is 1.88. The van der Waals surface area contributed by atoms with E-state index in [0.29, 0.717) is 28.3 Å². The fraction of sp³-hybridized carbons (Fsp3) is 0.276. The molecule has 0 saturated heterocycles. The van der Waals surface area contributed by atoms with Gasteiger partial charge in [0, 0.05) is 36.0 Å². The number of amides is 3. The Balaban J connectivity index is 0.000000672. The monoisotopic (exact) mass is 585 g/mol. The quantitative estimate of drug-likeness (QED) is 0.341. The first-order valence-corrected chi connectivity index (χ1v) is 12.5. The van der Waals surface area contributed by atoms with Crippen LogP contribution in [0.4, 0.5) is 18.9 Å². The molecule has 0 aliphatic carbocycles. The minimum atomic E-state index is -4.52. The number of carbonyl (C=O) groups excluding carboxylic acids is 3. The molecule has 42 heavy (non-hydrogen) atoms. The number of terminal acetylenes is 1. The lowest BCUT2D eigenvalue weighted by molar-refractivity contribution is -0.143. The average molecular weight is 586 g/mol. The molecule has 2 atom stereocenters. The number of aryl methyl sites for hydroxylation is 1. The van der Waals surface area contributed by atoms with Crippen LogP contribution in [0.3, 0.4) is 0 Å². The van der Waals surface area contributed by atoms with E-state index in [4.69, 9.17) is 10.5 Å². The summed E-state index contributed by atoms with van der Waals surface area (Å²) in [5.41, 5.74) is 7.91. The largest absolute Gasteiger partial charge is 0.495 e. The van der Waals surface area contributed by atoms with Gasteiger partial charge in [0.25, 0.3) is 5.91 Å². The van der Waals surface area contributed by atoms with Crippen molar-refractivity contribution in [3.05, 3.63) is 77.7 Å². The second-order valence-electron chi connectivity index (χ2n) is 8.79. The summed E-state index contributed by atoms with van der Waals surface area (Å²) in [5.74, 6) is -3.60. The fourth-order valence-corrected chi connectivity index (χ4v) is 3.83. The van der Waals surface area contributed by atoms with Gasteiger partial charge >= 0.3 is 6.18 Å². The van der Waals surface area contributed by atoms with E-state index in [9.17, 15) is 27.6 Å². The fourth-order valence-electron chi connectivity index (χ4n) is 3.83. The molecule has 0 saturated carbocycles. The Labute approximate surface area is 240 Å². The van der Waals surface area contributed by atoms with Crippen molar-refractivity contribution in [1.82, 2.24) is 10.5 Å². The molecule has 0 unspecified atom stereocenters. The second kappa shape index (κ2) is 15.6. The number of rotatable bonds is 8. The van der Waals surface area contributed by atoms with Crippen LogP contribution in [0.5, 0.6) is 5.75 Å². The topological polar surface area (TPSA) is 149 Å². The number of carbonyl (C=O) groups is 3. The van der Waals surface area contributed by atoms with Crippen molar-refractivity contribution < 1.29 is 36.8 Å². The summed E-state index contributed by atoms with van der Waals surface area (Å²) in [6, 6.07) is 15.7. The molecule has 1 aromatic heterocycles. The maximum atomic E-state index is 13.0. The van der Waals surface area contributed by atoms with Crippen molar-refractivity contribution in [1.29, 1.82) is 0 Å². The molecular formula is C29H30F3N5O5. The SMILES string of the molecule is C#C.COc1cccc2c1NC(=O)[C@@H](NC(=O)[C@H](CCC(F)(F)F)CC(N)=O)N=C2c1ccccc1.Cc1ccon1. The maximum absolute atomic E-state index is 13.0. The van der Waals surface area contributed by atoms with Gasteiger partial charge in [0.05, 0.1) is 24.2 Å². The van der Waals surface area contributed by atoms with Crippen LogP contribution >= 0.6 is 0 Å². The lowest BCUT2D eigenvalue weighted by Crippen LogP contribution is -2.45. The number of primary amides is 1. The van der Waals surface area contributed by atoms with E-state index in [0.717, 1.165) is 5.69 Å². The number of anilines is 1. The van der Waals surface area contributed by atoms with Crippen LogP contribution < -0.4 is 21.1 Å². The number of aliphatic imine (C=N–C) groups is 1. The van der Waals surface area contributed by atoms with Gasteiger partial charge in [0.2, 0.25) is 18.0 Å². The number of aromatic nitrogens is 1. The Hall–Kier alpha value is -5.12. The van der Waals surface area contributed by atoms with Gasteiger partial charge in [-0.3, -0.25) is 14.4 Å². The van der Waals surface area contributed by atoms with Gasteiger partial charge in [-0.2, -0.15) is 13.2 Å². The van der Waals surface area contributed by atoms with E-state index >= 15 is 0 Å². The smallest absolute Gasteiger partial charge is 0.389 e. The molecule has 2 heterocycles. The molecular weight excluding hydrogens is 555 g/mol. The molecule has 4 rings (SSSR count). The number of halogens is 3. The number of nitrogens with zero attached hydrogens (tertiary/aromatic N) is 2. The van der Waals surface area contributed by atoms with Crippen molar-refractivity contribution in [2.24, 2.45) is 16.6 Å². The van der Waals surface area contributed by atoms with Crippen molar-refractivity contribution in [3.8, 4) is 18.6 Å². The first kappa shape index (κ1) is 33.1. The lowest BCUT2D eigenvalue weighted by Gasteiger charge is -2.19. The third-order valence-electron chi connectivity index (χ3n) is 5.74. The third-order valence-corrected chi connectivity index (χ3v) is 5.74. The van der Waals surface area contributed by atoms with E-state index in [1.54, 1.807) is 60.9 Å². The van der Waals surface area contributed by atoms with Gasteiger partial charge in [0.1, 0.15) is 12.0 Å². The van der Waals surface area contributed by atoms with Gasteiger partial charge in [-0.25, -0.2) is 4.99 Å². The van der Waals surface area contributed by atoms with Gasteiger partial charge in [-0.1, -0.05) is 47.6 Å². The lowest BCUT2D eigenvalue weighted by atomic mass is 9.97. The number of benzodiazepines with no additional fused rings is 1. The summed E-state index contributed by atoms with van der Waals surface area (Å²) in [4.78, 5) is 41.5. The normalized spacial score (nSPS) is 14.6. The number of alkyl halides is 3. The number of hydrogen-bond donors (Lipinski definition) is 3. The van der Waals surface area contributed by atoms with Crippen LogP contribution in [0.1, 0.15) is 36.1 Å². The highest BCUT2D eigenvalue weighted by Gasteiger charge is 2.34. The van der Waals surface area contributed by atoms with Crippen molar-refractivity contribution in [3.63, 3.8) is 0 Å². The van der Waals surface area contributed by atoms with Gasteiger partial charge in [0.15, 0.2) is 0 Å². The molecule has 10 nitrogen and oxygen atoms in total. The van der Waals surface area contributed by atoms with Gasteiger partial charge < -0.3 is 25.6 Å². The average Bonchev–Trinajstić information content (AvgIpc) is 3.40. The zero-order valence-electron chi connectivity index (χ0n) is 22.9. The van der Waals surface area contributed by atoms with Crippen LogP contribution in [0, 0.1) is 25.7 Å². The highest BCUT2D eigenvalue weighted by molar-refractivity contribution is 6.20. The van der Waals surface area contributed by atoms with Crippen LogP contribution in [-0.2, 0) is 14.4 Å².